The van der Waals surface area contributed by atoms with Gasteiger partial charge in [0, 0.05) is 17.7 Å². The molecule has 0 saturated heterocycles. The van der Waals surface area contributed by atoms with Gasteiger partial charge in [-0.2, -0.15) is 0 Å². The zero-order valence-corrected chi connectivity index (χ0v) is 13.0. The number of hydrogen-bond donors (Lipinski definition) is 1. The fraction of sp³-hybridized carbons (Fsp3) is 0.625. The molecule has 0 bridgehead atoms. The maximum atomic E-state index is 5.53. The maximum Gasteiger partial charge on any atom is 0.127 e. The summed E-state index contributed by atoms with van der Waals surface area (Å²) in [7, 11) is 3.38. The van der Waals surface area contributed by atoms with Crippen molar-refractivity contribution in [2.75, 3.05) is 20.8 Å². The van der Waals surface area contributed by atoms with Crippen LogP contribution in [0.4, 0.5) is 0 Å². The van der Waals surface area contributed by atoms with Gasteiger partial charge in [0.2, 0.25) is 0 Å². The van der Waals surface area contributed by atoms with E-state index in [1.165, 1.54) is 5.56 Å². The molecule has 0 aliphatic rings. The van der Waals surface area contributed by atoms with Crippen molar-refractivity contribution in [3.63, 3.8) is 0 Å². The van der Waals surface area contributed by atoms with E-state index in [4.69, 9.17) is 9.47 Å². The van der Waals surface area contributed by atoms with Crippen molar-refractivity contribution in [1.82, 2.24) is 5.32 Å². The van der Waals surface area contributed by atoms with Crippen LogP contribution in [-0.4, -0.2) is 20.8 Å². The Hall–Kier alpha value is -1.22. The quantitative estimate of drug-likeness (QED) is 0.816. The summed E-state index contributed by atoms with van der Waals surface area (Å²) in [4.78, 5) is 0. The van der Waals surface area contributed by atoms with Gasteiger partial charge in [-0.05, 0) is 24.4 Å². The van der Waals surface area contributed by atoms with Crippen LogP contribution in [-0.2, 0) is 0 Å². The van der Waals surface area contributed by atoms with E-state index >= 15 is 0 Å². The van der Waals surface area contributed by atoms with Gasteiger partial charge in [-0.1, -0.05) is 33.8 Å². The van der Waals surface area contributed by atoms with Crippen LogP contribution >= 0.6 is 0 Å². The molecule has 0 aromatic heterocycles. The van der Waals surface area contributed by atoms with Crippen molar-refractivity contribution in [2.45, 2.75) is 33.7 Å². The second-order valence-corrected chi connectivity index (χ2v) is 5.25. The van der Waals surface area contributed by atoms with Crippen molar-refractivity contribution in [3.8, 4) is 11.5 Å². The van der Waals surface area contributed by atoms with E-state index in [1.807, 2.05) is 12.1 Å². The fourth-order valence-electron chi connectivity index (χ4n) is 2.26. The molecule has 1 aromatic rings. The third-order valence-corrected chi connectivity index (χ3v) is 3.78. The van der Waals surface area contributed by atoms with E-state index in [-0.39, 0.29) is 0 Å². The van der Waals surface area contributed by atoms with Crippen molar-refractivity contribution < 1.29 is 9.47 Å². The molecule has 3 nitrogen and oxygen atoms in total. The zero-order valence-electron chi connectivity index (χ0n) is 13.0. The Morgan fingerprint density at radius 1 is 1.11 bits per heavy atom. The molecule has 1 rings (SSSR count). The van der Waals surface area contributed by atoms with Gasteiger partial charge < -0.3 is 14.8 Å². The maximum absolute atomic E-state index is 5.53. The van der Waals surface area contributed by atoms with Crippen molar-refractivity contribution in [3.05, 3.63) is 23.8 Å². The molecule has 0 aliphatic heterocycles. The average molecular weight is 265 g/mol. The number of hydrogen-bond acceptors (Lipinski definition) is 3. The van der Waals surface area contributed by atoms with Crippen molar-refractivity contribution in [2.24, 2.45) is 11.8 Å². The lowest BCUT2D eigenvalue weighted by Gasteiger charge is -2.29. The van der Waals surface area contributed by atoms with Crippen molar-refractivity contribution >= 4 is 0 Å². The van der Waals surface area contributed by atoms with E-state index in [0.717, 1.165) is 18.0 Å². The topological polar surface area (TPSA) is 30.5 Å². The Bertz CT molecular complexity index is 390. The minimum absolute atomic E-state index is 0.297. The fourth-order valence-corrected chi connectivity index (χ4v) is 2.26. The minimum Gasteiger partial charge on any atom is -0.497 e. The highest BCUT2D eigenvalue weighted by atomic mass is 16.5. The molecular weight excluding hydrogens is 238 g/mol. The standard InChI is InChI=1S/C16H27NO2/c1-7-17-16(12(4)11(2)3)14-9-8-13(18-5)10-15(14)19-6/h8-12,16-17H,7H2,1-6H3. The van der Waals surface area contributed by atoms with Crippen LogP contribution in [0.3, 0.4) is 0 Å². The summed E-state index contributed by atoms with van der Waals surface area (Å²) >= 11 is 0. The monoisotopic (exact) mass is 265 g/mol. The van der Waals surface area contributed by atoms with Gasteiger partial charge in [-0.25, -0.2) is 0 Å². The largest absolute Gasteiger partial charge is 0.497 e. The average Bonchev–Trinajstić information content (AvgIpc) is 2.43. The Kier molecular flexibility index (Phi) is 6.16. The summed E-state index contributed by atoms with van der Waals surface area (Å²) in [6.45, 7) is 9.87. The van der Waals surface area contributed by atoms with Gasteiger partial charge in [0.25, 0.3) is 0 Å². The van der Waals surface area contributed by atoms with E-state index in [1.54, 1.807) is 14.2 Å². The molecule has 19 heavy (non-hydrogen) atoms. The Balaban J connectivity index is 3.14. The molecule has 1 N–H and O–H groups in total. The molecule has 0 radical (unpaired) electrons. The highest BCUT2D eigenvalue weighted by Gasteiger charge is 2.24. The third-order valence-electron chi connectivity index (χ3n) is 3.78. The molecule has 2 atom stereocenters. The van der Waals surface area contributed by atoms with Gasteiger partial charge in [-0.15, -0.1) is 0 Å². The molecule has 0 heterocycles. The highest BCUT2D eigenvalue weighted by Crippen LogP contribution is 2.35. The van der Waals surface area contributed by atoms with Crippen LogP contribution in [0.25, 0.3) is 0 Å². The van der Waals surface area contributed by atoms with E-state index < -0.39 is 0 Å². The van der Waals surface area contributed by atoms with Gasteiger partial charge in [0.15, 0.2) is 0 Å². The minimum atomic E-state index is 0.297. The Labute approximate surface area is 117 Å². The molecule has 2 unspecified atom stereocenters. The molecule has 0 amide bonds. The van der Waals surface area contributed by atoms with E-state index in [0.29, 0.717) is 17.9 Å². The Morgan fingerprint density at radius 3 is 2.26 bits per heavy atom. The van der Waals surface area contributed by atoms with Crippen LogP contribution in [0.5, 0.6) is 11.5 Å². The number of methoxy groups -OCH3 is 2. The SMILES string of the molecule is CCNC(c1ccc(OC)cc1OC)C(C)C(C)C. The summed E-state index contributed by atoms with van der Waals surface area (Å²) in [5, 5.41) is 3.57. The molecular formula is C16H27NO2. The first-order valence-electron chi connectivity index (χ1n) is 7.00. The van der Waals surface area contributed by atoms with Gasteiger partial charge in [0.05, 0.1) is 14.2 Å². The lowest BCUT2D eigenvalue weighted by Crippen LogP contribution is -2.29. The number of rotatable bonds is 7. The van der Waals surface area contributed by atoms with Gasteiger partial charge >= 0.3 is 0 Å². The zero-order chi connectivity index (χ0) is 14.4. The molecule has 0 saturated carbocycles. The Morgan fingerprint density at radius 2 is 1.79 bits per heavy atom. The number of ether oxygens (including phenoxy) is 2. The van der Waals surface area contributed by atoms with Crippen LogP contribution in [0.15, 0.2) is 18.2 Å². The van der Waals surface area contributed by atoms with E-state index in [9.17, 15) is 0 Å². The van der Waals surface area contributed by atoms with Crippen molar-refractivity contribution in [1.29, 1.82) is 0 Å². The second kappa shape index (κ2) is 7.39. The second-order valence-electron chi connectivity index (χ2n) is 5.25. The summed E-state index contributed by atoms with van der Waals surface area (Å²) < 4.78 is 10.8. The number of benzene rings is 1. The molecule has 3 heteroatoms. The normalized spacial score (nSPS) is 14.3. The van der Waals surface area contributed by atoms with Crippen LogP contribution in [0.1, 0.15) is 39.3 Å². The first-order valence-corrected chi connectivity index (χ1v) is 7.00. The van der Waals surface area contributed by atoms with E-state index in [2.05, 4.69) is 39.1 Å². The van der Waals surface area contributed by atoms with Crippen LogP contribution < -0.4 is 14.8 Å². The first kappa shape index (κ1) is 15.8. The molecule has 0 aliphatic carbocycles. The van der Waals surface area contributed by atoms with Crippen LogP contribution in [0.2, 0.25) is 0 Å². The molecule has 0 spiro atoms. The van der Waals surface area contributed by atoms with Gasteiger partial charge in [0.1, 0.15) is 11.5 Å². The molecule has 0 fully saturated rings. The number of nitrogens with one attached hydrogen (secondary N) is 1. The highest BCUT2D eigenvalue weighted by molar-refractivity contribution is 5.42. The summed E-state index contributed by atoms with van der Waals surface area (Å²) in [5.41, 5.74) is 1.20. The van der Waals surface area contributed by atoms with Crippen LogP contribution in [0, 0.1) is 11.8 Å². The summed E-state index contributed by atoms with van der Waals surface area (Å²) in [6.07, 6.45) is 0. The lowest BCUT2D eigenvalue weighted by molar-refractivity contribution is 0.297. The first-order chi connectivity index (χ1) is 9.04. The smallest absolute Gasteiger partial charge is 0.127 e. The summed E-state index contributed by atoms with van der Waals surface area (Å²) in [6, 6.07) is 6.34. The lowest BCUT2D eigenvalue weighted by atomic mass is 9.85. The summed E-state index contributed by atoms with van der Waals surface area (Å²) in [5.74, 6) is 2.85. The third kappa shape index (κ3) is 3.87. The van der Waals surface area contributed by atoms with Gasteiger partial charge in [-0.3, -0.25) is 0 Å². The molecule has 1 aromatic carbocycles. The predicted molar refractivity (Wildman–Crippen MR) is 80.0 cm³/mol. The molecule has 108 valence electrons. The predicted octanol–water partition coefficient (Wildman–Crippen LogP) is 3.65.